The summed E-state index contributed by atoms with van der Waals surface area (Å²) < 4.78 is 0. The van der Waals surface area contributed by atoms with Crippen LogP contribution in [0.1, 0.15) is 26.3 Å². The summed E-state index contributed by atoms with van der Waals surface area (Å²) in [6.45, 7) is 1.87. The van der Waals surface area contributed by atoms with Gasteiger partial charge in [0.05, 0.1) is 7.05 Å². The van der Waals surface area contributed by atoms with Gasteiger partial charge in [-0.25, -0.2) is 0 Å². The molecule has 0 unspecified atom stereocenters. The van der Waals surface area contributed by atoms with Crippen molar-refractivity contribution in [2.24, 2.45) is 0 Å². The van der Waals surface area contributed by atoms with Gasteiger partial charge in [-0.05, 0) is 61.0 Å². The monoisotopic (exact) mass is 376 g/mol. The number of benzene rings is 3. The smallest absolute Gasteiger partial charge is 0.255 e. The number of aryl methyl sites for hydroxylation is 1. The Labute approximate surface area is 163 Å². The van der Waals surface area contributed by atoms with E-state index in [0.717, 1.165) is 11.3 Å². The molecule has 0 aromatic heterocycles. The molecule has 142 valence electrons. The first kappa shape index (κ1) is 19.1. The summed E-state index contributed by atoms with van der Waals surface area (Å²) in [5.74, 6) is -0.414. The highest BCUT2D eigenvalue weighted by Crippen LogP contribution is 2.22. The van der Waals surface area contributed by atoms with Crippen molar-refractivity contribution in [3.8, 4) is 5.75 Å². The molecule has 0 aliphatic heterocycles. The maximum absolute atomic E-state index is 12.5. The van der Waals surface area contributed by atoms with Gasteiger partial charge < -0.3 is 21.1 Å². The summed E-state index contributed by atoms with van der Waals surface area (Å²) in [6.07, 6.45) is 0. The minimum absolute atomic E-state index is 0.0992. The third kappa shape index (κ3) is 4.55. The molecular weight excluding hydrogens is 354 g/mol. The van der Waals surface area contributed by atoms with Crippen LogP contribution >= 0.6 is 0 Å². The second-order valence-electron chi connectivity index (χ2n) is 6.40. The van der Waals surface area contributed by atoms with Crippen LogP contribution in [0.15, 0.2) is 66.7 Å². The van der Waals surface area contributed by atoms with E-state index in [9.17, 15) is 14.7 Å². The number of amides is 2. The van der Waals surface area contributed by atoms with Crippen LogP contribution in [0.25, 0.3) is 0 Å². The number of rotatable bonds is 5. The molecule has 0 saturated heterocycles. The predicted octanol–water partition coefficient (Wildman–Crippen LogP) is 3.03. The molecule has 0 heterocycles. The van der Waals surface area contributed by atoms with Crippen LogP contribution in [0.5, 0.6) is 5.75 Å². The average molecular weight is 376 g/mol. The second-order valence-corrected chi connectivity index (χ2v) is 6.40. The summed E-state index contributed by atoms with van der Waals surface area (Å²) in [6, 6.07) is 18.7. The summed E-state index contributed by atoms with van der Waals surface area (Å²) >= 11 is 0. The molecule has 0 aliphatic rings. The average Bonchev–Trinajstić information content (AvgIpc) is 2.71. The maximum Gasteiger partial charge on any atom is 0.255 e. The summed E-state index contributed by atoms with van der Waals surface area (Å²) in [5, 5.41) is 17.0. The van der Waals surface area contributed by atoms with Crippen molar-refractivity contribution in [2.75, 3.05) is 17.7 Å². The number of carbonyl (C=O) groups excluding carboxylic acids is 2. The lowest BCUT2D eigenvalue weighted by atomic mass is 10.1. The van der Waals surface area contributed by atoms with E-state index in [0.29, 0.717) is 22.5 Å². The highest BCUT2D eigenvalue weighted by molar-refractivity contribution is 6.07. The fraction of sp³-hybridized carbons (Fsp3) is 0.0909. The van der Waals surface area contributed by atoms with Gasteiger partial charge in [-0.1, -0.05) is 12.1 Å². The van der Waals surface area contributed by atoms with Crippen LogP contribution in [0.2, 0.25) is 0 Å². The highest BCUT2D eigenvalue weighted by Gasteiger charge is 2.11. The van der Waals surface area contributed by atoms with E-state index in [-0.39, 0.29) is 17.6 Å². The summed E-state index contributed by atoms with van der Waals surface area (Å²) in [7, 11) is 1.92. The quantitative estimate of drug-likeness (QED) is 0.516. The largest absolute Gasteiger partial charge is 0.508 e. The molecule has 0 radical (unpaired) electrons. The first-order valence-electron chi connectivity index (χ1n) is 8.88. The van der Waals surface area contributed by atoms with Crippen molar-refractivity contribution in [3.05, 3.63) is 83.4 Å². The lowest BCUT2D eigenvalue weighted by Crippen LogP contribution is -2.72. The van der Waals surface area contributed by atoms with Crippen LogP contribution in [0, 0.1) is 6.92 Å². The molecule has 28 heavy (non-hydrogen) atoms. The Morgan fingerprint density at radius 2 is 1.57 bits per heavy atom. The van der Waals surface area contributed by atoms with Crippen LogP contribution in [-0.4, -0.2) is 24.0 Å². The first-order valence-corrected chi connectivity index (χ1v) is 8.88. The van der Waals surface area contributed by atoms with Gasteiger partial charge in [0.2, 0.25) is 0 Å². The number of nitrogens with one attached hydrogen (secondary N) is 2. The molecule has 5 N–H and O–H groups in total. The summed E-state index contributed by atoms with van der Waals surface area (Å²) in [4.78, 5) is 24.9. The molecule has 0 aliphatic carbocycles. The highest BCUT2D eigenvalue weighted by atomic mass is 16.3. The van der Waals surface area contributed by atoms with Gasteiger partial charge in [0, 0.05) is 28.6 Å². The van der Waals surface area contributed by atoms with Crippen LogP contribution < -0.4 is 16.0 Å². The molecule has 3 rings (SSSR count). The Morgan fingerprint density at radius 3 is 2.29 bits per heavy atom. The van der Waals surface area contributed by atoms with E-state index in [1.54, 1.807) is 30.3 Å². The van der Waals surface area contributed by atoms with Gasteiger partial charge in [0.25, 0.3) is 11.8 Å². The number of anilines is 2. The zero-order valence-electron chi connectivity index (χ0n) is 15.7. The van der Waals surface area contributed by atoms with Crippen molar-refractivity contribution in [1.29, 1.82) is 0 Å². The standard InChI is InChI=1S/C22H21N3O3/c1-14-6-9-18(24-22(28)16-4-3-5-17(12-16)23-2)13-20(14)25-21(27)15-7-10-19(26)11-8-15/h3-13,23,26H,1-2H3,(H,24,28)(H,25,27)/p+1. The number of nitrogens with two attached hydrogens (primary N) is 1. The van der Waals surface area contributed by atoms with E-state index in [1.807, 2.05) is 43.6 Å². The number of quaternary nitrogens is 1. The Hall–Kier alpha value is -3.64. The SMILES string of the molecule is C[NH2+]c1cccc(C(=O)Nc2ccc(C)c(NC(=O)c3ccc(O)cc3)c2)c1. The molecule has 6 heteroatoms. The third-order valence-electron chi connectivity index (χ3n) is 4.36. The number of hydrogen-bond donors (Lipinski definition) is 4. The van der Waals surface area contributed by atoms with Gasteiger partial charge >= 0.3 is 0 Å². The molecule has 3 aromatic rings. The minimum Gasteiger partial charge on any atom is -0.508 e. The lowest BCUT2D eigenvalue weighted by molar-refractivity contribution is -0.539. The predicted molar refractivity (Wildman–Crippen MR) is 109 cm³/mol. The Balaban J connectivity index is 1.76. The molecule has 0 bridgehead atoms. The van der Waals surface area contributed by atoms with E-state index in [1.165, 1.54) is 12.1 Å². The van der Waals surface area contributed by atoms with Crippen molar-refractivity contribution in [1.82, 2.24) is 0 Å². The van der Waals surface area contributed by atoms with Crippen molar-refractivity contribution < 1.29 is 20.0 Å². The molecule has 2 amide bonds. The van der Waals surface area contributed by atoms with Crippen molar-refractivity contribution in [2.45, 2.75) is 6.92 Å². The zero-order valence-corrected chi connectivity index (χ0v) is 15.7. The molecule has 0 fully saturated rings. The van der Waals surface area contributed by atoms with Crippen LogP contribution in [0.3, 0.4) is 0 Å². The van der Waals surface area contributed by atoms with Crippen LogP contribution in [-0.2, 0) is 0 Å². The Kier molecular flexibility index (Phi) is 5.72. The van der Waals surface area contributed by atoms with Crippen LogP contribution in [0.4, 0.5) is 17.1 Å². The molecule has 0 atom stereocenters. The maximum atomic E-state index is 12.5. The van der Waals surface area contributed by atoms with Crippen molar-refractivity contribution >= 4 is 28.9 Å². The lowest BCUT2D eigenvalue weighted by Gasteiger charge is -2.12. The Bertz CT molecular complexity index is 1010. The summed E-state index contributed by atoms with van der Waals surface area (Å²) in [5.41, 5.74) is 4.02. The first-order chi connectivity index (χ1) is 13.5. The number of phenolic OH excluding ortho intramolecular Hbond substituents is 1. The van der Waals surface area contributed by atoms with Gasteiger partial charge in [0.1, 0.15) is 11.4 Å². The molecule has 0 saturated carbocycles. The van der Waals surface area contributed by atoms with Gasteiger partial charge in [-0.2, -0.15) is 0 Å². The minimum atomic E-state index is -0.294. The number of aromatic hydroxyl groups is 1. The zero-order chi connectivity index (χ0) is 20.1. The van der Waals surface area contributed by atoms with E-state index < -0.39 is 0 Å². The van der Waals surface area contributed by atoms with Crippen molar-refractivity contribution in [3.63, 3.8) is 0 Å². The topological polar surface area (TPSA) is 95.0 Å². The molecule has 0 spiro atoms. The fourth-order valence-corrected chi connectivity index (χ4v) is 2.70. The van der Waals surface area contributed by atoms with Gasteiger partial charge in [-0.15, -0.1) is 0 Å². The normalized spacial score (nSPS) is 10.4. The van der Waals surface area contributed by atoms with Gasteiger partial charge in [0.15, 0.2) is 0 Å². The molecule has 3 aromatic carbocycles. The molecule has 6 nitrogen and oxygen atoms in total. The fourth-order valence-electron chi connectivity index (χ4n) is 2.70. The number of carbonyl (C=O) groups is 2. The van der Waals surface area contributed by atoms with E-state index in [2.05, 4.69) is 10.6 Å². The van der Waals surface area contributed by atoms with Gasteiger partial charge in [-0.3, -0.25) is 9.59 Å². The third-order valence-corrected chi connectivity index (χ3v) is 4.36. The second kappa shape index (κ2) is 8.37. The van der Waals surface area contributed by atoms with E-state index in [4.69, 9.17) is 0 Å². The molecular formula is C22H22N3O3+. The Morgan fingerprint density at radius 1 is 0.857 bits per heavy atom. The number of hydrogen-bond acceptors (Lipinski definition) is 3. The van der Waals surface area contributed by atoms with E-state index >= 15 is 0 Å². The number of phenols is 1.